The molecular weight excluding hydrogens is 249 g/mol. The number of alkyl halides is 3. The normalized spacial score (nSPS) is 11.1. The number of para-hydroxylation sites is 2. The molecule has 0 atom stereocenters. The van der Waals surface area contributed by atoms with E-state index in [4.69, 9.17) is 10.5 Å². The smallest absolute Gasteiger partial charge is 0.406 e. The minimum Gasteiger partial charge on any atom is -0.482 e. The number of anilines is 1. The lowest BCUT2D eigenvalue weighted by molar-refractivity contribution is -0.159. The van der Waals surface area contributed by atoms with Crippen molar-refractivity contribution in [1.82, 2.24) is 4.90 Å². The van der Waals surface area contributed by atoms with E-state index in [9.17, 15) is 18.0 Å². The van der Waals surface area contributed by atoms with Crippen LogP contribution >= 0.6 is 0 Å². The Hall–Kier alpha value is -1.92. The topological polar surface area (TPSA) is 55.6 Å². The highest BCUT2D eigenvalue weighted by atomic mass is 19.4. The van der Waals surface area contributed by atoms with E-state index in [1.807, 2.05) is 0 Å². The third kappa shape index (κ3) is 4.52. The number of halogens is 3. The highest BCUT2D eigenvalue weighted by molar-refractivity contribution is 5.77. The highest BCUT2D eigenvalue weighted by Gasteiger charge is 2.31. The number of nitrogens with zero attached hydrogens (tertiary/aromatic N) is 1. The van der Waals surface area contributed by atoms with Gasteiger partial charge in [-0.2, -0.15) is 13.2 Å². The van der Waals surface area contributed by atoms with Gasteiger partial charge in [-0.05, 0) is 12.1 Å². The fraction of sp³-hybridized carbons (Fsp3) is 0.364. The van der Waals surface area contributed by atoms with Crippen LogP contribution in [0.5, 0.6) is 5.75 Å². The molecule has 1 amide bonds. The second-order valence-electron chi connectivity index (χ2n) is 3.69. The van der Waals surface area contributed by atoms with E-state index in [-0.39, 0.29) is 5.75 Å². The Morgan fingerprint density at radius 3 is 2.56 bits per heavy atom. The van der Waals surface area contributed by atoms with Gasteiger partial charge in [-0.1, -0.05) is 12.1 Å². The molecule has 18 heavy (non-hydrogen) atoms. The van der Waals surface area contributed by atoms with Gasteiger partial charge in [-0.3, -0.25) is 4.79 Å². The summed E-state index contributed by atoms with van der Waals surface area (Å²) >= 11 is 0. The van der Waals surface area contributed by atoms with Gasteiger partial charge in [0.05, 0.1) is 5.69 Å². The quantitative estimate of drug-likeness (QED) is 0.840. The number of carbonyl (C=O) groups is 1. The molecule has 4 nitrogen and oxygen atoms in total. The van der Waals surface area contributed by atoms with Crippen molar-refractivity contribution in [2.24, 2.45) is 0 Å². The zero-order valence-electron chi connectivity index (χ0n) is 9.70. The summed E-state index contributed by atoms with van der Waals surface area (Å²) < 4.78 is 41.2. The van der Waals surface area contributed by atoms with E-state index in [1.54, 1.807) is 18.2 Å². The van der Waals surface area contributed by atoms with Crippen LogP contribution in [-0.4, -0.2) is 37.2 Å². The standard InChI is InChI=1S/C11H13F3N2O2/c1-16(7-11(12,13)14)10(17)6-18-9-5-3-2-4-8(9)15/h2-5H,6-7,15H2,1H3. The van der Waals surface area contributed by atoms with Crippen LogP contribution in [0, 0.1) is 0 Å². The van der Waals surface area contributed by atoms with Crippen molar-refractivity contribution in [3.8, 4) is 5.75 Å². The molecule has 0 saturated carbocycles. The summed E-state index contributed by atoms with van der Waals surface area (Å²) in [7, 11) is 1.06. The van der Waals surface area contributed by atoms with Crippen molar-refractivity contribution < 1.29 is 22.7 Å². The van der Waals surface area contributed by atoms with Crippen molar-refractivity contribution in [2.45, 2.75) is 6.18 Å². The molecule has 2 N–H and O–H groups in total. The van der Waals surface area contributed by atoms with E-state index in [0.29, 0.717) is 10.6 Å². The minimum absolute atomic E-state index is 0.270. The van der Waals surface area contributed by atoms with Gasteiger partial charge in [0.15, 0.2) is 6.61 Å². The molecule has 100 valence electrons. The lowest BCUT2D eigenvalue weighted by Crippen LogP contribution is -2.38. The molecule has 1 aromatic rings. The zero-order valence-corrected chi connectivity index (χ0v) is 9.70. The Morgan fingerprint density at radius 2 is 2.00 bits per heavy atom. The van der Waals surface area contributed by atoms with Crippen LogP contribution in [0.25, 0.3) is 0 Å². The largest absolute Gasteiger partial charge is 0.482 e. The molecule has 0 heterocycles. The number of amides is 1. The van der Waals surface area contributed by atoms with Crippen LogP contribution in [0.4, 0.5) is 18.9 Å². The van der Waals surface area contributed by atoms with Gasteiger partial charge in [0.2, 0.25) is 0 Å². The monoisotopic (exact) mass is 262 g/mol. The first kappa shape index (κ1) is 14.1. The molecule has 1 aromatic carbocycles. The molecule has 0 bridgehead atoms. The summed E-state index contributed by atoms with van der Waals surface area (Å²) in [5, 5.41) is 0. The van der Waals surface area contributed by atoms with Crippen LogP contribution in [0.3, 0.4) is 0 Å². The molecule has 0 saturated heterocycles. The van der Waals surface area contributed by atoms with Crippen molar-refractivity contribution in [3.05, 3.63) is 24.3 Å². The highest BCUT2D eigenvalue weighted by Crippen LogP contribution is 2.20. The fourth-order valence-electron chi connectivity index (χ4n) is 1.22. The van der Waals surface area contributed by atoms with Crippen molar-refractivity contribution in [3.63, 3.8) is 0 Å². The van der Waals surface area contributed by atoms with Crippen LogP contribution in [0.2, 0.25) is 0 Å². The molecule has 0 aliphatic heterocycles. The first-order valence-corrected chi connectivity index (χ1v) is 5.07. The lowest BCUT2D eigenvalue weighted by atomic mass is 10.3. The molecule has 0 aliphatic carbocycles. The number of hydrogen-bond donors (Lipinski definition) is 1. The summed E-state index contributed by atoms with van der Waals surface area (Å²) in [6.45, 7) is -1.79. The van der Waals surface area contributed by atoms with E-state index < -0.39 is 25.2 Å². The molecule has 0 unspecified atom stereocenters. The molecule has 0 radical (unpaired) electrons. The van der Waals surface area contributed by atoms with Crippen molar-refractivity contribution >= 4 is 11.6 Å². The number of benzene rings is 1. The van der Waals surface area contributed by atoms with Crippen LogP contribution in [0.1, 0.15) is 0 Å². The number of rotatable bonds is 4. The van der Waals surface area contributed by atoms with E-state index in [0.717, 1.165) is 7.05 Å². The second kappa shape index (κ2) is 5.61. The summed E-state index contributed by atoms with van der Waals surface area (Å²) in [6.07, 6.45) is -4.42. The Morgan fingerprint density at radius 1 is 1.39 bits per heavy atom. The average molecular weight is 262 g/mol. The van der Waals surface area contributed by atoms with Gasteiger partial charge in [-0.25, -0.2) is 0 Å². The first-order chi connectivity index (χ1) is 8.29. The lowest BCUT2D eigenvalue weighted by Gasteiger charge is -2.19. The van der Waals surface area contributed by atoms with E-state index >= 15 is 0 Å². The van der Waals surface area contributed by atoms with Crippen LogP contribution < -0.4 is 10.5 Å². The van der Waals surface area contributed by atoms with E-state index in [1.165, 1.54) is 6.07 Å². The van der Waals surface area contributed by atoms with E-state index in [2.05, 4.69) is 0 Å². The molecule has 7 heteroatoms. The molecule has 0 spiro atoms. The fourth-order valence-corrected chi connectivity index (χ4v) is 1.22. The number of likely N-dealkylation sites (N-methyl/N-ethyl adjacent to an activating group) is 1. The summed E-state index contributed by atoms with van der Waals surface area (Å²) in [5.74, 6) is -0.498. The molecular formula is C11H13F3N2O2. The maximum absolute atomic E-state index is 12.0. The van der Waals surface area contributed by atoms with Gasteiger partial charge in [-0.15, -0.1) is 0 Å². The van der Waals surface area contributed by atoms with Crippen LogP contribution in [0.15, 0.2) is 24.3 Å². The van der Waals surface area contributed by atoms with Gasteiger partial charge >= 0.3 is 6.18 Å². The second-order valence-corrected chi connectivity index (χ2v) is 3.69. The Labute approximate surface area is 102 Å². The van der Waals surface area contributed by atoms with Gasteiger partial charge in [0, 0.05) is 7.05 Å². The number of nitrogen functional groups attached to an aromatic ring is 1. The number of hydrogen-bond acceptors (Lipinski definition) is 3. The maximum Gasteiger partial charge on any atom is 0.406 e. The van der Waals surface area contributed by atoms with Gasteiger partial charge in [0.25, 0.3) is 5.91 Å². The van der Waals surface area contributed by atoms with Gasteiger partial charge < -0.3 is 15.4 Å². The van der Waals surface area contributed by atoms with Gasteiger partial charge in [0.1, 0.15) is 12.3 Å². The number of ether oxygens (including phenoxy) is 1. The number of nitrogens with two attached hydrogens (primary N) is 1. The third-order valence-corrected chi connectivity index (χ3v) is 2.11. The molecule has 0 fully saturated rings. The minimum atomic E-state index is -4.42. The predicted octanol–water partition coefficient (Wildman–Crippen LogP) is 1.67. The summed E-state index contributed by atoms with van der Waals surface area (Å²) in [5.41, 5.74) is 5.88. The summed E-state index contributed by atoms with van der Waals surface area (Å²) in [6, 6.07) is 6.43. The van der Waals surface area contributed by atoms with Crippen molar-refractivity contribution in [1.29, 1.82) is 0 Å². The average Bonchev–Trinajstić information content (AvgIpc) is 2.25. The Bertz CT molecular complexity index is 421. The molecule has 1 rings (SSSR count). The molecule has 0 aromatic heterocycles. The number of carbonyl (C=O) groups excluding carboxylic acids is 1. The third-order valence-electron chi connectivity index (χ3n) is 2.11. The maximum atomic E-state index is 12.0. The predicted molar refractivity (Wildman–Crippen MR) is 60.0 cm³/mol. The Balaban J connectivity index is 2.49. The zero-order chi connectivity index (χ0) is 13.8. The summed E-state index contributed by atoms with van der Waals surface area (Å²) in [4.78, 5) is 11.9. The van der Waals surface area contributed by atoms with Crippen LogP contribution in [-0.2, 0) is 4.79 Å². The van der Waals surface area contributed by atoms with Crippen molar-refractivity contribution in [2.75, 3.05) is 25.9 Å². The first-order valence-electron chi connectivity index (χ1n) is 5.07. The molecule has 0 aliphatic rings. The Kier molecular flexibility index (Phi) is 4.41. The SMILES string of the molecule is CN(CC(F)(F)F)C(=O)COc1ccccc1N.